The molecule has 0 bridgehead atoms. The van der Waals surface area contributed by atoms with Gasteiger partial charge >= 0.3 is 5.91 Å². The predicted molar refractivity (Wildman–Crippen MR) is 145 cm³/mol. The van der Waals surface area contributed by atoms with Crippen LogP contribution in [0.4, 0.5) is 5.69 Å². The predicted octanol–water partition coefficient (Wildman–Crippen LogP) is 6.20. The molecule has 0 atom stereocenters. The Morgan fingerprint density at radius 2 is 1.82 bits per heavy atom. The van der Waals surface area contributed by atoms with Gasteiger partial charge in [0.05, 0.1) is 18.3 Å². The maximum absolute atomic E-state index is 12.4. The van der Waals surface area contributed by atoms with Crippen LogP contribution >= 0.6 is 45.2 Å². The molecule has 0 aliphatic heterocycles. The molecular weight excluding hydrogens is 664 g/mol. The fourth-order valence-electron chi connectivity index (χ4n) is 3.11. The van der Waals surface area contributed by atoms with Crippen molar-refractivity contribution < 1.29 is 18.9 Å². The van der Waals surface area contributed by atoms with E-state index >= 15 is 0 Å². The van der Waals surface area contributed by atoms with Gasteiger partial charge in [0, 0.05) is 17.5 Å². The molecule has 10 heteroatoms. The summed E-state index contributed by atoms with van der Waals surface area (Å²) in [4.78, 5) is 22.8. The van der Waals surface area contributed by atoms with Crippen LogP contribution in [0.3, 0.4) is 0 Å². The number of nitrogens with one attached hydrogen (secondary N) is 1. The van der Waals surface area contributed by atoms with Crippen molar-refractivity contribution in [1.82, 2.24) is 5.43 Å². The second kappa shape index (κ2) is 10.5. The van der Waals surface area contributed by atoms with Crippen molar-refractivity contribution in [3.05, 3.63) is 100 Å². The van der Waals surface area contributed by atoms with E-state index in [1.807, 2.05) is 31.2 Å². The molecule has 0 spiro atoms. The summed E-state index contributed by atoms with van der Waals surface area (Å²) in [5.41, 5.74) is 5.80. The number of amides is 1. The molecule has 0 saturated carbocycles. The van der Waals surface area contributed by atoms with Crippen LogP contribution in [0.1, 0.15) is 27.2 Å². The van der Waals surface area contributed by atoms with E-state index in [0.29, 0.717) is 17.6 Å². The minimum Gasteiger partial charge on any atom is -0.487 e. The van der Waals surface area contributed by atoms with Crippen molar-refractivity contribution in [2.45, 2.75) is 13.5 Å². The number of furan rings is 1. The Labute approximate surface area is 221 Å². The van der Waals surface area contributed by atoms with E-state index in [2.05, 4.69) is 67.8 Å². The van der Waals surface area contributed by atoms with E-state index in [1.165, 1.54) is 36.0 Å². The number of nitro groups is 1. The van der Waals surface area contributed by atoms with E-state index in [4.69, 9.17) is 9.15 Å². The lowest BCUT2D eigenvalue weighted by Gasteiger charge is -2.11. The first-order valence-electron chi connectivity index (χ1n) is 9.99. The van der Waals surface area contributed by atoms with Gasteiger partial charge in [0.2, 0.25) is 0 Å². The van der Waals surface area contributed by atoms with Crippen LogP contribution in [-0.4, -0.2) is 17.0 Å². The number of hydrogen-bond acceptors (Lipinski definition) is 6. The highest BCUT2D eigenvalue weighted by Crippen LogP contribution is 2.29. The summed E-state index contributed by atoms with van der Waals surface area (Å²) < 4.78 is 13.3. The van der Waals surface area contributed by atoms with Crippen molar-refractivity contribution in [2.75, 3.05) is 0 Å². The molecule has 4 rings (SSSR count). The third kappa shape index (κ3) is 5.73. The SMILES string of the molecule is Cc1ccc(COc2c(I)cc(/C=N\NC(=O)c3cc4cc([N+](=O)[O-])ccc4o3)cc2I)cc1. The largest absolute Gasteiger partial charge is 0.487 e. The third-order valence-electron chi connectivity index (χ3n) is 4.84. The van der Waals surface area contributed by atoms with Gasteiger partial charge in [0.15, 0.2) is 5.76 Å². The quantitative estimate of drug-likeness (QED) is 0.108. The summed E-state index contributed by atoms with van der Waals surface area (Å²) >= 11 is 4.41. The van der Waals surface area contributed by atoms with Crippen molar-refractivity contribution >= 4 is 74.0 Å². The number of nitrogens with zero attached hydrogens (tertiary/aromatic N) is 2. The molecule has 1 amide bonds. The Balaban J connectivity index is 1.41. The molecule has 3 aromatic carbocycles. The van der Waals surface area contributed by atoms with Crippen LogP contribution in [0, 0.1) is 24.2 Å². The summed E-state index contributed by atoms with van der Waals surface area (Å²) in [5.74, 6) is 0.244. The lowest BCUT2D eigenvalue weighted by Crippen LogP contribution is -2.16. The molecule has 0 aliphatic rings. The number of hydrazone groups is 1. The first-order valence-corrected chi connectivity index (χ1v) is 12.1. The number of ether oxygens (including phenoxy) is 1. The van der Waals surface area contributed by atoms with Gasteiger partial charge in [-0.25, -0.2) is 5.43 Å². The molecule has 1 aromatic heterocycles. The highest BCUT2D eigenvalue weighted by molar-refractivity contribution is 14.1. The zero-order chi connectivity index (χ0) is 24.2. The minimum absolute atomic E-state index is 0.0108. The molecule has 172 valence electrons. The molecule has 1 N–H and O–H groups in total. The number of non-ortho nitro benzene ring substituents is 1. The van der Waals surface area contributed by atoms with E-state index in [9.17, 15) is 14.9 Å². The summed E-state index contributed by atoms with van der Waals surface area (Å²) in [6.45, 7) is 2.51. The lowest BCUT2D eigenvalue weighted by atomic mass is 10.2. The number of nitro benzene ring substituents is 1. The van der Waals surface area contributed by atoms with Crippen LogP contribution in [0.2, 0.25) is 0 Å². The Hall–Kier alpha value is -3.00. The first kappa shape index (κ1) is 24.1. The average Bonchev–Trinajstić information content (AvgIpc) is 3.23. The van der Waals surface area contributed by atoms with Gasteiger partial charge < -0.3 is 9.15 Å². The maximum Gasteiger partial charge on any atom is 0.307 e. The Morgan fingerprint density at radius 1 is 1.12 bits per heavy atom. The van der Waals surface area contributed by atoms with Crippen LogP contribution in [0.5, 0.6) is 5.75 Å². The Morgan fingerprint density at radius 3 is 2.50 bits per heavy atom. The summed E-state index contributed by atoms with van der Waals surface area (Å²) in [6.07, 6.45) is 1.53. The lowest BCUT2D eigenvalue weighted by molar-refractivity contribution is -0.384. The monoisotopic (exact) mass is 681 g/mol. The van der Waals surface area contributed by atoms with Crippen LogP contribution in [-0.2, 0) is 6.61 Å². The van der Waals surface area contributed by atoms with Gasteiger partial charge in [0.1, 0.15) is 17.9 Å². The summed E-state index contributed by atoms with van der Waals surface area (Å²) in [5, 5.41) is 15.4. The first-order chi connectivity index (χ1) is 16.3. The van der Waals surface area contributed by atoms with Gasteiger partial charge in [0.25, 0.3) is 5.69 Å². The molecule has 0 radical (unpaired) electrons. The van der Waals surface area contributed by atoms with E-state index in [0.717, 1.165) is 24.0 Å². The molecule has 0 aliphatic carbocycles. The van der Waals surface area contributed by atoms with Gasteiger partial charge in [-0.05, 0) is 87.5 Å². The number of benzene rings is 3. The second-order valence-electron chi connectivity index (χ2n) is 7.38. The van der Waals surface area contributed by atoms with Gasteiger partial charge in [-0.2, -0.15) is 5.10 Å². The average molecular weight is 681 g/mol. The topological polar surface area (TPSA) is 107 Å². The highest BCUT2D eigenvalue weighted by atomic mass is 127. The Kier molecular flexibility index (Phi) is 7.46. The van der Waals surface area contributed by atoms with E-state index < -0.39 is 10.8 Å². The number of fused-ring (bicyclic) bond motifs is 1. The molecule has 0 saturated heterocycles. The van der Waals surface area contributed by atoms with Gasteiger partial charge in [-0.3, -0.25) is 14.9 Å². The van der Waals surface area contributed by atoms with Crippen molar-refractivity contribution in [2.24, 2.45) is 5.10 Å². The van der Waals surface area contributed by atoms with Crippen LogP contribution < -0.4 is 10.2 Å². The normalized spacial score (nSPS) is 11.1. The number of carbonyl (C=O) groups is 1. The molecule has 4 aromatic rings. The standard InChI is InChI=1S/C24H17I2N3O5/c1-14-2-4-15(5-3-14)13-33-23-19(25)8-16(9-20(23)26)12-27-28-24(30)22-11-17-10-18(29(31)32)6-7-21(17)34-22/h2-12H,13H2,1H3,(H,28,30)/b27-12-. The van der Waals surface area contributed by atoms with E-state index in [1.54, 1.807) is 0 Å². The van der Waals surface area contributed by atoms with Gasteiger partial charge in [-0.1, -0.05) is 29.8 Å². The van der Waals surface area contributed by atoms with Crippen molar-refractivity contribution in [3.63, 3.8) is 0 Å². The maximum atomic E-state index is 12.4. The van der Waals surface area contributed by atoms with Crippen LogP contribution in [0.15, 0.2) is 70.2 Å². The van der Waals surface area contributed by atoms with Gasteiger partial charge in [-0.15, -0.1) is 0 Å². The summed E-state index contributed by atoms with van der Waals surface area (Å²) in [6, 6.07) is 17.6. The fourth-order valence-corrected chi connectivity index (χ4v) is 5.24. The zero-order valence-corrected chi connectivity index (χ0v) is 22.1. The molecule has 8 nitrogen and oxygen atoms in total. The van der Waals surface area contributed by atoms with Crippen molar-refractivity contribution in [3.8, 4) is 5.75 Å². The molecule has 0 fully saturated rings. The fraction of sp³-hybridized carbons (Fsp3) is 0.0833. The van der Waals surface area contributed by atoms with Crippen molar-refractivity contribution in [1.29, 1.82) is 0 Å². The molecule has 34 heavy (non-hydrogen) atoms. The molecular formula is C24H17I2N3O5. The third-order valence-corrected chi connectivity index (χ3v) is 6.44. The second-order valence-corrected chi connectivity index (χ2v) is 9.70. The highest BCUT2D eigenvalue weighted by Gasteiger charge is 2.15. The number of hydrogen-bond donors (Lipinski definition) is 1. The smallest absolute Gasteiger partial charge is 0.307 e. The number of halogens is 2. The Bertz CT molecular complexity index is 1390. The number of rotatable bonds is 7. The van der Waals surface area contributed by atoms with E-state index in [-0.39, 0.29) is 11.4 Å². The molecule has 0 unspecified atom stereocenters. The molecule has 1 heterocycles. The summed E-state index contributed by atoms with van der Waals surface area (Å²) in [7, 11) is 0. The van der Waals surface area contributed by atoms with Crippen LogP contribution in [0.25, 0.3) is 11.0 Å². The minimum atomic E-state index is -0.558. The number of carbonyl (C=O) groups excluding carboxylic acids is 1. The zero-order valence-electron chi connectivity index (χ0n) is 17.7. The number of aryl methyl sites for hydroxylation is 1.